The molecular weight excluding hydrogens is 258 g/mol. The molecule has 1 aliphatic heterocycles. The molecular formula is C14H21N3O3. The zero-order valence-corrected chi connectivity index (χ0v) is 12.4. The van der Waals surface area contributed by atoms with Crippen molar-refractivity contribution >= 4 is 11.9 Å². The van der Waals surface area contributed by atoms with Gasteiger partial charge in [-0.1, -0.05) is 0 Å². The van der Waals surface area contributed by atoms with Crippen LogP contribution >= 0.6 is 0 Å². The van der Waals surface area contributed by atoms with E-state index in [9.17, 15) is 9.59 Å². The van der Waals surface area contributed by atoms with Gasteiger partial charge in [0.2, 0.25) is 0 Å². The van der Waals surface area contributed by atoms with Gasteiger partial charge < -0.3 is 10.0 Å². The fourth-order valence-corrected chi connectivity index (χ4v) is 2.72. The fourth-order valence-electron chi connectivity index (χ4n) is 2.72. The number of carboxylic acids is 1. The minimum absolute atomic E-state index is 0.209. The molecule has 1 fully saturated rings. The molecule has 0 bridgehead atoms. The number of hydrogen-bond acceptors (Lipinski definition) is 3. The second kappa shape index (κ2) is 4.92. The van der Waals surface area contributed by atoms with Gasteiger partial charge in [0, 0.05) is 12.2 Å². The molecule has 0 aliphatic carbocycles. The van der Waals surface area contributed by atoms with Crippen molar-refractivity contribution in [2.45, 2.75) is 52.1 Å². The van der Waals surface area contributed by atoms with Gasteiger partial charge in [-0.15, -0.1) is 0 Å². The first-order chi connectivity index (χ1) is 9.23. The van der Waals surface area contributed by atoms with Gasteiger partial charge >= 0.3 is 5.97 Å². The molecule has 1 aliphatic rings. The summed E-state index contributed by atoms with van der Waals surface area (Å²) >= 11 is 0. The van der Waals surface area contributed by atoms with Gasteiger partial charge in [-0.05, 0) is 40.5 Å². The Kier molecular flexibility index (Phi) is 3.58. The maximum Gasteiger partial charge on any atom is 0.326 e. The highest BCUT2D eigenvalue weighted by molar-refractivity contribution is 5.97. The van der Waals surface area contributed by atoms with Crippen LogP contribution in [0.4, 0.5) is 0 Å². The van der Waals surface area contributed by atoms with Crippen molar-refractivity contribution in [1.29, 1.82) is 0 Å². The van der Waals surface area contributed by atoms with Crippen LogP contribution in [0.5, 0.6) is 0 Å². The lowest BCUT2D eigenvalue weighted by atomic mass is 10.1. The molecule has 1 atom stereocenters. The van der Waals surface area contributed by atoms with E-state index >= 15 is 0 Å². The lowest BCUT2D eigenvalue weighted by Gasteiger charge is -2.23. The van der Waals surface area contributed by atoms with Gasteiger partial charge in [0.25, 0.3) is 5.91 Å². The Balaban J connectivity index is 2.31. The Morgan fingerprint density at radius 3 is 2.55 bits per heavy atom. The van der Waals surface area contributed by atoms with Crippen molar-refractivity contribution in [3.8, 4) is 0 Å². The lowest BCUT2D eigenvalue weighted by molar-refractivity contribution is -0.141. The molecule has 6 heteroatoms. The summed E-state index contributed by atoms with van der Waals surface area (Å²) in [5, 5.41) is 13.4. The summed E-state index contributed by atoms with van der Waals surface area (Å²) in [7, 11) is 0. The second-order valence-electron chi connectivity index (χ2n) is 6.22. The molecule has 1 saturated heterocycles. The van der Waals surface area contributed by atoms with E-state index in [0.717, 1.165) is 12.1 Å². The first kappa shape index (κ1) is 14.6. The molecule has 0 radical (unpaired) electrons. The predicted molar refractivity (Wildman–Crippen MR) is 73.7 cm³/mol. The van der Waals surface area contributed by atoms with E-state index < -0.39 is 12.0 Å². The van der Waals surface area contributed by atoms with Crippen molar-refractivity contribution in [2.75, 3.05) is 6.54 Å². The number of nitrogens with zero attached hydrogens (tertiary/aromatic N) is 3. The summed E-state index contributed by atoms with van der Waals surface area (Å²) in [5.74, 6) is -1.17. The monoisotopic (exact) mass is 279 g/mol. The number of aliphatic carboxylic acids is 1. The van der Waals surface area contributed by atoms with Gasteiger partial charge in [0.15, 0.2) is 0 Å². The Morgan fingerprint density at radius 1 is 1.40 bits per heavy atom. The van der Waals surface area contributed by atoms with E-state index in [1.807, 2.05) is 27.7 Å². The minimum atomic E-state index is -0.934. The molecule has 0 unspecified atom stereocenters. The summed E-state index contributed by atoms with van der Waals surface area (Å²) in [6.45, 7) is 8.37. The van der Waals surface area contributed by atoms with Crippen LogP contribution < -0.4 is 0 Å². The SMILES string of the molecule is Cc1c(C(=O)N2CCC[C@H]2C(=O)O)cnn1C(C)(C)C. The zero-order chi connectivity index (χ0) is 15.1. The number of rotatable bonds is 2. The first-order valence-electron chi connectivity index (χ1n) is 6.82. The molecule has 2 rings (SSSR count). The molecule has 0 aromatic carbocycles. The smallest absolute Gasteiger partial charge is 0.326 e. The Labute approximate surface area is 118 Å². The van der Waals surface area contributed by atoms with Crippen molar-refractivity contribution < 1.29 is 14.7 Å². The standard InChI is InChI=1S/C14H21N3O3/c1-9-10(8-15-17(9)14(2,3)4)12(18)16-7-5-6-11(16)13(19)20/h8,11H,5-7H2,1-4H3,(H,19,20)/t11-/m0/s1. The van der Waals surface area contributed by atoms with Crippen molar-refractivity contribution in [2.24, 2.45) is 0 Å². The maximum absolute atomic E-state index is 12.5. The summed E-state index contributed by atoms with van der Waals surface area (Å²) in [4.78, 5) is 25.2. The Bertz CT molecular complexity index is 542. The highest BCUT2D eigenvalue weighted by atomic mass is 16.4. The second-order valence-corrected chi connectivity index (χ2v) is 6.22. The normalized spacial score (nSPS) is 19.4. The molecule has 0 spiro atoms. The van der Waals surface area contributed by atoms with Gasteiger partial charge in [-0.2, -0.15) is 5.10 Å². The predicted octanol–water partition coefficient (Wildman–Crippen LogP) is 1.64. The molecule has 20 heavy (non-hydrogen) atoms. The third kappa shape index (κ3) is 2.42. The number of aromatic nitrogens is 2. The number of amides is 1. The van der Waals surface area contributed by atoms with E-state index in [4.69, 9.17) is 5.11 Å². The van der Waals surface area contributed by atoms with Crippen LogP contribution in [-0.2, 0) is 10.3 Å². The van der Waals surface area contributed by atoms with E-state index in [2.05, 4.69) is 5.10 Å². The summed E-state index contributed by atoms with van der Waals surface area (Å²) in [6, 6.07) is -0.708. The Morgan fingerprint density at radius 2 is 2.05 bits per heavy atom. The highest BCUT2D eigenvalue weighted by Gasteiger charge is 2.36. The number of hydrogen-bond donors (Lipinski definition) is 1. The summed E-state index contributed by atoms with van der Waals surface area (Å²) in [5.41, 5.74) is 1.06. The maximum atomic E-state index is 12.5. The number of likely N-dealkylation sites (tertiary alicyclic amines) is 1. The van der Waals surface area contributed by atoms with Gasteiger partial charge in [0.1, 0.15) is 6.04 Å². The van der Waals surface area contributed by atoms with Gasteiger partial charge in [-0.25, -0.2) is 4.79 Å². The van der Waals surface area contributed by atoms with Crippen molar-refractivity contribution in [1.82, 2.24) is 14.7 Å². The Hall–Kier alpha value is -1.85. The van der Waals surface area contributed by atoms with Crippen LogP contribution in [0.15, 0.2) is 6.20 Å². The molecule has 1 N–H and O–H groups in total. The van der Waals surface area contributed by atoms with E-state index in [1.165, 1.54) is 4.90 Å². The van der Waals surface area contributed by atoms with Crippen LogP contribution in [0.25, 0.3) is 0 Å². The average Bonchev–Trinajstić information content (AvgIpc) is 2.92. The average molecular weight is 279 g/mol. The van der Waals surface area contributed by atoms with Crippen LogP contribution in [0.3, 0.4) is 0 Å². The summed E-state index contributed by atoms with van der Waals surface area (Å²) in [6.07, 6.45) is 2.79. The van der Waals surface area contributed by atoms with Crippen LogP contribution in [-0.4, -0.2) is 44.3 Å². The topological polar surface area (TPSA) is 75.4 Å². The molecule has 1 amide bonds. The van der Waals surface area contributed by atoms with Gasteiger partial charge in [-0.3, -0.25) is 9.48 Å². The first-order valence-corrected chi connectivity index (χ1v) is 6.82. The van der Waals surface area contributed by atoms with Crippen molar-refractivity contribution in [3.05, 3.63) is 17.5 Å². The van der Waals surface area contributed by atoms with Crippen LogP contribution in [0.2, 0.25) is 0 Å². The molecule has 1 aromatic rings. The van der Waals surface area contributed by atoms with E-state index in [0.29, 0.717) is 18.5 Å². The number of carbonyl (C=O) groups is 2. The molecule has 2 heterocycles. The molecule has 6 nitrogen and oxygen atoms in total. The van der Waals surface area contributed by atoms with Crippen LogP contribution in [0.1, 0.15) is 49.7 Å². The molecule has 1 aromatic heterocycles. The van der Waals surface area contributed by atoms with E-state index in [1.54, 1.807) is 10.9 Å². The third-order valence-corrected chi connectivity index (χ3v) is 3.67. The lowest BCUT2D eigenvalue weighted by Crippen LogP contribution is -2.40. The number of carboxylic acid groups (broad SMARTS) is 1. The molecule has 0 saturated carbocycles. The zero-order valence-electron chi connectivity index (χ0n) is 12.4. The highest BCUT2D eigenvalue weighted by Crippen LogP contribution is 2.24. The van der Waals surface area contributed by atoms with Crippen molar-refractivity contribution in [3.63, 3.8) is 0 Å². The van der Waals surface area contributed by atoms with Crippen LogP contribution in [0, 0.1) is 6.92 Å². The summed E-state index contributed by atoms with van der Waals surface area (Å²) < 4.78 is 1.80. The van der Waals surface area contributed by atoms with Gasteiger partial charge in [0.05, 0.1) is 17.3 Å². The molecule has 110 valence electrons. The largest absolute Gasteiger partial charge is 0.480 e. The quantitative estimate of drug-likeness (QED) is 0.893. The van der Waals surface area contributed by atoms with E-state index in [-0.39, 0.29) is 11.4 Å². The third-order valence-electron chi connectivity index (χ3n) is 3.67. The minimum Gasteiger partial charge on any atom is -0.480 e. The number of carbonyl (C=O) groups excluding carboxylic acids is 1. The fraction of sp³-hybridized carbons (Fsp3) is 0.643.